The van der Waals surface area contributed by atoms with E-state index in [1.165, 1.54) is 9.75 Å². The first-order valence-electron chi connectivity index (χ1n) is 8.64. The van der Waals surface area contributed by atoms with Crippen LogP contribution >= 0.6 is 35.3 Å². The molecule has 0 atom stereocenters. The molecular formula is C17H30IN5OS. The summed E-state index contributed by atoms with van der Waals surface area (Å²) < 4.78 is 0. The highest BCUT2D eigenvalue weighted by Crippen LogP contribution is 2.15. The quantitative estimate of drug-likeness (QED) is 0.372. The Morgan fingerprint density at radius 2 is 1.96 bits per heavy atom. The van der Waals surface area contributed by atoms with E-state index in [0.29, 0.717) is 6.54 Å². The average Bonchev–Trinajstić information content (AvgIpc) is 2.98. The number of nitrogens with one attached hydrogen (secondary N) is 2. The lowest BCUT2D eigenvalue weighted by Gasteiger charge is -2.34. The first kappa shape index (κ1) is 22.2. The zero-order valence-corrected chi connectivity index (χ0v) is 18.5. The third-order valence-corrected chi connectivity index (χ3v) is 5.06. The van der Waals surface area contributed by atoms with Gasteiger partial charge in [0, 0.05) is 62.5 Å². The van der Waals surface area contributed by atoms with Crippen molar-refractivity contribution in [2.24, 2.45) is 4.99 Å². The van der Waals surface area contributed by atoms with Crippen molar-refractivity contribution in [3.05, 3.63) is 21.9 Å². The Morgan fingerprint density at radius 1 is 1.24 bits per heavy atom. The molecule has 1 fully saturated rings. The normalized spacial score (nSPS) is 15.6. The molecular weight excluding hydrogens is 449 g/mol. The van der Waals surface area contributed by atoms with Gasteiger partial charge in [-0.3, -0.25) is 9.69 Å². The number of thiophene rings is 1. The Hall–Kier alpha value is -0.870. The van der Waals surface area contributed by atoms with E-state index in [4.69, 9.17) is 0 Å². The minimum Gasteiger partial charge on any atom is -0.357 e. The largest absolute Gasteiger partial charge is 0.357 e. The van der Waals surface area contributed by atoms with Gasteiger partial charge in [-0.1, -0.05) is 0 Å². The molecule has 0 bridgehead atoms. The van der Waals surface area contributed by atoms with Crippen LogP contribution in [0.25, 0.3) is 0 Å². The molecule has 142 valence electrons. The van der Waals surface area contributed by atoms with E-state index in [-0.39, 0.29) is 29.9 Å². The van der Waals surface area contributed by atoms with Crippen LogP contribution in [0.15, 0.2) is 17.1 Å². The number of rotatable bonds is 6. The van der Waals surface area contributed by atoms with Crippen LogP contribution in [0.3, 0.4) is 0 Å². The molecule has 2 rings (SSSR count). The molecule has 8 heteroatoms. The fraction of sp³-hybridized carbons (Fsp3) is 0.647. The van der Waals surface area contributed by atoms with Crippen LogP contribution in [0.5, 0.6) is 0 Å². The van der Waals surface area contributed by atoms with E-state index in [9.17, 15) is 4.79 Å². The second-order valence-electron chi connectivity index (χ2n) is 5.98. The summed E-state index contributed by atoms with van der Waals surface area (Å²) in [6.45, 7) is 12.8. The molecule has 2 heterocycles. The van der Waals surface area contributed by atoms with Gasteiger partial charge in [-0.15, -0.1) is 35.3 Å². The number of carbonyl (C=O) groups is 1. The second-order valence-corrected chi connectivity index (χ2v) is 7.35. The lowest BCUT2D eigenvalue weighted by Crippen LogP contribution is -2.50. The molecule has 0 aliphatic carbocycles. The number of nitrogens with zero attached hydrogens (tertiary/aromatic N) is 3. The molecule has 6 nitrogen and oxygen atoms in total. The van der Waals surface area contributed by atoms with Crippen LogP contribution in [0, 0.1) is 6.92 Å². The van der Waals surface area contributed by atoms with Gasteiger partial charge in [0.15, 0.2) is 5.96 Å². The molecule has 0 unspecified atom stereocenters. The average molecular weight is 479 g/mol. The van der Waals surface area contributed by atoms with Gasteiger partial charge in [-0.25, -0.2) is 4.99 Å². The van der Waals surface area contributed by atoms with Gasteiger partial charge in [0.25, 0.3) is 0 Å². The maximum atomic E-state index is 11.3. The molecule has 0 aromatic carbocycles. The monoisotopic (exact) mass is 479 g/mol. The Bertz CT molecular complexity index is 555. The Kier molecular flexibility index (Phi) is 10.4. The fourth-order valence-electron chi connectivity index (χ4n) is 2.69. The van der Waals surface area contributed by atoms with E-state index in [2.05, 4.69) is 46.5 Å². The van der Waals surface area contributed by atoms with Gasteiger partial charge in [-0.05, 0) is 26.0 Å². The number of piperazine rings is 1. The van der Waals surface area contributed by atoms with Crippen molar-refractivity contribution in [3.8, 4) is 0 Å². The Morgan fingerprint density at radius 3 is 2.52 bits per heavy atom. The third kappa shape index (κ3) is 7.91. The van der Waals surface area contributed by atoms with Crippen LogP contribution in [0.4, 0.5) is 0 Å². The van der Waals surface area contributed by atoms with E-state index in [0.717, 1.165) is 51.8 Å². The van der Waals surface area contributed by atoms with E-state index >= 15 is 0 Å². The first-order chi connectivity index (χ1) is 11.6. The molecule has 2 N–H and O–H groups in total. The van der Waals surface area contributed by atoms with E-state index in [1.807, 2.05) is 4.90 Å². The summed E-state index contributed by atoms with van der Waals surface area (Å²) in [6.07, 6.45) is 0. The van der Waals surface area contributed by atoms with Crippen LogP contribution in [0.2, 0.25) is 0 Å². The van der Waals surface area contributed by atoms with Gasteiger partial charge in [-0.2, -0.15) is 0 Å². The van der Waals surface area contributed by atoms with Crippen LogP contribution in [0.1, 0.15) is 23.6 Å². The lowest BCUT2D eigenvalue weighted by atomic mass is 10.3. The first-order valence-corrected chi connectivity index (χ1v) is 9.45. The molecule has 1 aromatic rings. The number of carbonyl (C=O) groups excluding carboxylic acids is 1. The van der Waals surface area contributed by atoms with Crippen molar-refractivity contribution < 1.29 is 4.79 Å². The summed E-state index contributed by atoms with van der Waals surface area (Å²) >= 11 is 1.79. The second kappa shape index (κ2) is 11.7. The molecule has 1 saturated heterocycles. The van der Waals surface area contributed by atoms with Crippen molar-refractivity contribution in [2.45, 2.75) is 27.3 Å². The minimum absolute atomic E-state index is 0. The topological polar surface area (TPSA) is 60.0 Å². The SMILES string of the molecule is CCNC(=NCc1ccc(C)s1)NCCN1CCN(C(C)=O)CC1.I. The van der Waals surface area contributed by atoms with Gasteiger partial charge < -0.3 is 15.5 Å². The molecule has 0 spiro atoms. The summed E-state index contributed by atoms with van der Waals surface area (Å²) in [5.74, 6) is 1.05. The molecule has 0 radical (unpaired) electrons. The number of hydrogen-bond donors (Lipinski definition) is 2. The number of halogens is 1. The Balaban J connectivity index is 0.00000312. The molecule has 1 aliphatic heterocycles. The lowest BCUT2D eigenvalue weighted by molar-refractivity contribution is -0.130. The standard InChI is InChI=1S/C17H29N5OS.HI/c1-4-18-17(20-13-16-6-5-14(2)24-16)19-7-8-21-9-11-22(12-10-21)15(3)23;/h5-6H,4,7-13H2,1-3H3,(H2,18,19,20);1H. The molecule has 25 heavy (non-hydrogen) atoms. The highest BCUT2D eigenvalue weighted by atomic mass is 127. The number of aryl methyl sites for hydroxylation is 1. The molecule has 1 aliphatic rings. The summed E-state index contributed by atoms with van der Waals surface area (Å²) in [5, 5.41) is 6.69. The van der Waals surface area contributed by atoms with Gasteiger partial charge in [0.1, 0.15) is 0 Å². The molecule has 1 amide bonds. The highest BCUT2D eigenvalue weighted by Gasteiger charge is 2.17. The van der Waals surface area contributed by atoms with Crippen LogP contribution in [-0.4, -0.2) is 67.5 Å². The van der Waals surface area contributed by atoms with Crippen LogP contribution in [-0.2, 0) is 11.3 Å². The van der Waals surface area contributed by atoms with Gasteiger partial charge in [0.05, 0.1) is 6.54 Å². The number of amides is 1. The van der Waals surface area contributed by atoms with Crippen molar-refractivity contribution in [1.29, 1.82) is 0 Å². The van der Waals surface area contributed by atoms with Crippen molar-refractivity contribution in [2.75, 3.05) is 45.8 Å². The van der Waals surface area contributed by atoms with Crippen molar-refractivity contribution >= 4 is 47.2 Å². The molecule has 0 saturated carbocycles. The zero-order chi connectivity index (χ0) is 17.4. The number of guanidine groups is 1. The zero-order valence-electron chi connectivity index (χ0n) is 15.4. The summed E-state index contributed by atoms with van der Waals surface area (Å²) in [5.41, 5.74) is 0. The number of hydrogen-bond acceptors (Lipinski definition) is 4. The maximum absolute atomic E-state index is 11.3. The molecule has 1 aromatic heterocycles. The summed E-state index contributed by atoms with van der Waals surface area (Å²) in [4.78, 5) is 22.9. The van der Waals surface area contributed by atoms with Gasteiger partial charge >= 0.3 is 0 Å². The van der Waals surface area contributed by atoms with E-state index < -0.39 is 0 Å². The maximum Gasteiger partial charge on any atom is 0.219 e. The summed E-state index contributed by atoms with van der Waals surface area (Å²) in [6, 6.07) is 4.28. The predicted molar refractivity (Wildman–Crippen MR) is 116 cm³/mol. The number of aliphatic imine (C=N–C) groups is 1. The highest BCUT2D eigenvalue weighted by molar-refractivity contribution is 14.0. The van der Waals surface area contributed by atoms with Crippen LogP contribution < -0.4 is 10.6 Å². The smallest absolute Gasteiger partial charge is 0.219 e. The van der Waals surface area contributed by atoms with E-state index in [1.54, 1.807) is 18.3 Å². The Labute approximate surface area is 172 Å². The minimum atomic E-state index is 0. The van der Waals surface area contributed by atoms with Crippen molar-refractivity contribution in [1.82, 2.24) is 20.4 Å². The van der Waals surface area contributed by atoms with Crippen molar-refractivity contribution in [3.63, 3.8) is 0 Å². The fourth-order valence-corrected chi connectivity index (χ4v) is 3.50. The summed E-state index contributed by atoms with van der Waals surface area (Å²) in [7, 11) is 0. The van der Waals surface area contributed by atoms with Gasteiger partial charge in [0.2, 0.25) is 5.91 Å². The third-order valence-electron chi connectivity index (χ3n) is 4.07. The predicted octanol–water partition coefficient (Wildman–Crippen LogP) is 1.89.